The van der Waals surface area contributed by atoms with Gasteiger partial charge in [0.1, 0.15) is 11.3 Å². The van der Waals surface area contributed by atoms with Gasteiger partial charge in [-0.2, -0.15) is 0 Å². The lowest BCUT2D eigenvalue weighted by Crippen LogP contribution is -2.33. The lowest BCUT2D eigenvalue weighted by atomic mass is 10.1. The Bertz CT molecular complexity index is 1990. The van der Waals surface area contributed by atoms with E-state index in [1.165, 1.54) is 34.3 Å². The molecule has 2 aromatic carbocycles. The molecule has 246 valence electrons. The third-order valence-corrected chi connectivity index (χ3v) is 8.51. The van der Waals surface area contributed by atoms with Crippen molar-refractivity contribution in [1.82, 2.24) is 24.1 Å². The molecule has 5 rings (SSSR count). The molecule has 5 aromatic rings. The van der Waals surface area contributed by atoms with Gasteiger partial charge in [0.2, 0.25) is 0 Å². The van der Waals surface area contributed by atoms with E-state index in [0.29, 0.717) is 38.8 Å². The molecule has 0 aliphatic heterocycles. The molecule has 0 spiro atoms. The molecular formula is C34H37FN6O5S. The average molecular weight is 661 g/mol. The Morgan fingerprint density at radius 3 is 2.43 bits per heavy atom. The van der Waals surface area contributed by atoms with E-state index in [1.807, 2.05) is 25.1 Å². The molecule has 0 saturated carbocycles. The number of pyridine rings is 1. The number of hydrogen-bond acceptors (Lipinski definition) is 8. The monoisotopic (exact) mass is 660 g/mol. The van der Waals surface area contributed by atoms with Crippen molar-refractivity contribution in [3.05, 3.63) is 99.2 Å². The van der Waals surface area contributed by atoms with Crippen LogP contribution in [0.3, 0.4) is 0 Å². The third-order valence-electron chi connectivity index (χ3n) is 7.39. The summed E-state index contributed by atoms with van der Waals surface area (Å²) < 4.78 is 24.8. The fourth-order valence-corrected chi connectivity index (χ4v) is 6.07. The summed E-state index contributed by atoms with van der Waals surface area (Å²) in [5.41, 5.74) is -0.344. The molecular weight excluding hydrogens is 623 g/mol. The summed E-state index contributed by atoms with van der Waals surface area (Å²) in [5.74, 6) is -1.38. The van der Waals surface area contributed by atoms with Crippen LogP contribution in [0.1, 0.15) is 39.6 Å². The zero-order valence-corrected chi connectivity index (χ0v) is 27.9. The lowest BCUT2D eigenvalue weighted by Gasteiger charge is -2.22. The van der Waals surface area contributed by atoms with Crippen LogP contribution in [0, 0.1) is 12.7 Å². The largest absolute Gasteiger partial charge is 0.453 e. The number of halogens is 1. The van der Waals surface area contributed by atoms with E-state index in [0.717, 1.165) is 12.6 Å². The number of para-hydroxylation sites is 1. The number of carbonyl (C=O) groups is 2. The maximum Gasteiger partial charge on any atom is 0.284 e. The molecule has 0 radical (unpaired) electrons. The number of carbonyl (C=O) groups excluding carboxylic acids is 2. The molecule has 13 heteroatoms. The molecule has 11 nitrogen and oxygen atoms in total. The fraction of sp³-hybridized carbons (Fsp3) is 0.294. The molecule has 0 atom stereocenters. The number of rotatable bonds is 11. The standard InChI is InChI=1S/C34H37FN6O5S/c1-21-29(33(44)41(23-10-8-7-9-11-23)40(21)20-34(2,3)45)31(42)37-22-12-13-26(24(35)18-22)46-27-14-15-36-25-19-28(47-30(25)27)32(43)39(6)17-16-38(4)5/h7-15,18-19,45H,16-17,20H2,1-6H3,(H,37,42). The van der Waals surface area contributed by atoms with Crippen molar-refractivity contribution in [2.45, 2.75) is 32.9 Å². The Hall–Kier alpha value is -4.85. The highest BCUT2D eigenvalue weighted by molar-refractivity contribution is 7.21. The minimum atomic E-state index is -1.18. The number of thiophene rings is 1. The first kappa shape index (κ1) is 33.5. The minimum Gasteiger partial charge on any atom is -0.453 e. The van der Waals surface area contributed by atoms with Crippen LogP contribution in [0.25, 0.3) is 15.9 Å². The number of aromatic nitrogens is 3. The SMILES string of the molecule is Cc1c(C(=O)Nc2ccc(Oc3ccnc4cc(C(=O)N(C)CCN(C)C)sc34)c(F)c2)c(=O)n(-c2ccccc2)n1CC(C)(C)O. The molecule has 3 heterocycles. The van der Waals surface area contributed by atoms with Crippen LogP contribution in [0.5, 0.6) is 11.5 Å². The summed E-state index contributed by atoms with van der Waals surface area (Å²) in [6.45, 7) is 6.17. The second-order valence-electron chi connectivity index (χ2n) is 12.1. The molecule has 47 heavy (non-hydrogen) atoms. The molecule has 0 saturated heterocycles. The molecule has 2 N–H and O–H groups in total. The molecule has 3 aromatic heterocycles. The minimum absolute atomic E-state index is 0.0479. The van der Waals surface area contributed by atoms with Crippen LogP contribution in [0.15, 0.2) is 71.7 Å². The van der Waals surface area contributed by atoms with Crippen molar-refractivity contribution >= 4 is 39.1 Å². The van der Waals surface area contributed by atoms with Gasteiger partial charge in [-0.15, -0.1) is 11.3 Å². The number of anilines is 1. The second-order valence-corrected chi connectivity index (χ2v) is 13.2. The van der Waals surface area contributed by atoms with E-state index in [-0.39, 0.29) is 29.5 Å². The zero-order valence-electron chi connectivity index (χ0n) is 27.1. The fourth-order valence-electron chi connectivity index (χ4n) is 5.01. The number of amides is 2. The predicted molar refractivity (Wildman–Crippen MR) is 181 cm³/mol. The molecule has 0 unspecified atom stereocenters. The van der Waals surface area contributed by atoms with Gasteiger partial charge in [0.25, 0.3) is 17.4 Å². The highest BCUT2D eigenvalue weighted by atomic mass is 32.1. The Kier molecular flexibility index (Phi) is 9.61. The molecule has 0 aliphatic carbocycles. The van der Waals surface area contributed by atoms with Gasteiger partial charge in [-0.25, -0.2) is 9.07 Å². The summed E-state index contributed by atoms with van der Waals surface area (Å²) in [6, 6.07) is 16.0. The quantitative estimate of drug-likeness (QED) is 0.201. The van der Waals surface area contributed by atoms with Crippen LogP contribution >= 0.6 is 11.3 Å². The van der Waals surface area contributed by atoms with Crippen LogP contribution in [-0.2, 0) is 6.54 Å². The molecule has 2 amide bonds. The summed E-state index contributed by atoms with van der Waals surface area (Å²) in [6.07, 6.45) is 1.52. The van der Waals surface area contributed by atoms with Gasteiger partial charge in [-0.1, -0.05) is 18.2 Å². The first-order valence-corrected chi connectivity index (χ1v) is 15.7. The number of benzene rings is 2. The zero-order chi connectivity index (χ0) is 34.0. The third kappa shape index (κ3) is 7.43. The van der Waals surface area contributed by atoms with Crippen LogP contribution in [0.2, 0.25) is 0 Å². The number of likely N-dealkylation sites (N-methyl/N-ethyl adjacent to an activating group) is 2. The second kappa shape index (κ2) is 13.5. The smallest absolute Gasteiger partial charge is 0.284 e. The van der Waals surface area contributed by atoms with E-state index in [9.17, 15) is 19.5 Å². The summed E-state index contributed by atoms with van der Waals surface area (Å²) in [7, 11) is 5.61. The number of aliphatic hydroxyl groups is 1. The summed E-state index contributed by atoms with van der Waals surface area (Å²) >= 11 is 1.22. The highest BCUT2D eigenvalue weighted by Gasteiger charge is 2.27. The number of ether oxygens (including phenoxy) is 1. The first-order valence-electron chi connectivity index (χ1n) is 14.9. The Balaban J connectivity index is 1.38. The van der Waals surface area contributed by atoms with Gasteiger partial charge in [-0.3, -0.25) is 24.0 Å². The van der Waals surface area contributed by atoms with Crippen LogP contribution < -0.4 is 15.6 Å². The van der Waals surface area contributed by atoms with E-state index in [2.05, 4.69) is 10.3 Å². The van der Waals surface area contributed by atoms with Crippen LogP contribution in [-0.4, -0.2) is 80.9 Å². The Morgan fingerprint density at radius 1 is 1.04 bits per heavy atom. The number of hydrogen-bond donors (Lipinski definition) is 2. The van der Waals surface area contributed by atoms with Gasteiger partial charge in [0, 0.05) is 44.2 Å². The number of nitrogens with zero attached hydrogens (tertiary/aromatic N) is 5. The van der Waals surface area contributed by atoms with Crippen molar-refractivity contribution in [2.75, 3.05) is 39.5 Å². The van der Waals surface area contributed by atoms with Gasteiger partial charge in [0.05, 0.1) is 38.6 Å². The molecule has 0 fully saturated rings. The Labute approximate surface area is 275 Å². The predicted octanol–water partition coefficient (Wildman–Crippen LogP) is 5.15. The van der Waals surface area contributed by atoms with E-state index in [1.54, 1.807) is 73.8 Å². The number of nitrogens with one attached hydrogen (secondary N) is 1. The Morgan fingerprint density at radius 2 is 1.77 bits per heavy atom. The first-order chi connectivity index (χ1) is 22.2. The van der Waals surface area contributed by atoms with Gasteiger partial charge >= 0.3 is 0 Å². The van der Waals surface area contributed by atoms with Crippen molar-refractivity contribution < 1.29 is 23.8 Å². The van der Waals surface area contributed by atoms with Crippen molar-refractivity contribution in [3.63, 3.8) is 0 Å². The van der Waals surface area contributed by atoms with Gasteiger partial charge < -0.3 is 25.0 Å². The summed E-state index contributed by atoms with van der Waals surface area (Å²) in [4.78, 5) is 48.5. The summed E-state index contributed by atoms with van der Waals surface area (Å²) in [5, 5.41) is 13.2. The van der Waals surface area contributed by atoms with E-state index < -0.39 is 22.9 Å². The molecule has 0 aliphatic rings. The van der Waals surface area contributed by atoms with Crippen molar-refractivity contribution in [1.29, 1.82) is 0 Å². The molecule has 0 bridgehead atoms. The average Bonchev–Trinajstić information content (AvgIpc) is 3.55. The maximum atomic E-state index is 15.4. The lowest BCUT2D eigenvalue weighted by molar-refractivity contribution is 0.0545. The normalized spacial score (nSPS) is 11.7. The maximum absolute atomic E-state index is 15.4. The van der Waals surface area contributed by atoms with Crippen molar-refractivity contribution in [2.24, 2.45) is 0 Å². The van der Waals surface area contributed by atoms with Crippen molar-refractivity contribution in [3.8, 4) is 17.2 Å². The van der Waals surface area contributed by atoms with Gasteiger partial charge in [-0.05, 0) is 65.2 Å². The topological polar surface area (TPSA) is 122 Å². The van der Waals surface area contributed by atoms with E-state index in [4.69, 9.17) is 4.74 Å². The highest BCUT2D eigenvalue weighted by Crippen LogP contribution is 2.36. The van der Waals surface area contributed by atoms with E-state index >= 15 is 4.39 Å². The van der Waals surface area contributed by atoms with Crippen LogP contribution in [0.4, 0.5) is 10.1 Å². The van der Waals surface area contributed by atoms with Gasteiger partial charge in [0.15, 0.2) is 11.6 Å². The number of fused-ring (bicyclic) bond motifs is 1.